The minimum absolute atomic E-state index is 0.180. The number of carbonyl (C=O) groups is 3. The first-order valence-corrected chi connectivity index (χ1v) is 13.6. The Morgan fingerprint density at radius 2 is 1.85 bits per heavy atom. The minimum Gasteiger partial charge on any atom is -0.462 e. The second-order valence-corrected chi connectivity index (χ2v) is 12.2. The second kappa shape index (κ2) is 9.78. The zero-order chi connectivity index (χ0) is 24.7. The van der Waals surface area contributed by atoms with E-state index in [1.54, 1.807) is 0 Å². The fourth-order valence-corrected chi connectivity index (χ4v) is 9.05. The number of carbonyl (C=O) groups excluding carboxylic acids is 3. The van der Waals surface area contributed by atoms with Crippen LogP contribution >= 0.6 is 0 Å². The van der Waals surface area contributed by atoms with Crippen LogP contribution in [0.15, 0.2) is 11.6 Å². The Kier molecular flexibility index (Phi) is 7.32. The second-order valence-electron chi connectivity index (χ2n) is 12.2. The summed E-state index contributed by atoms with van der Waals surface area (Å²) in [7, 11) is 0. The molecule has 5 nitrogen and oxygen atoms in total. The third-order valence-corrected chi connectivity index (χ3v) is 10.5. The number of rotatable bonds is 7. The van der Waals surface area contributed by atoms with E-state index in [4.69, 9.17) is 9.47 Å². The molecule has 5 heteroatoms. The Balaban J connectivity index is 1.59. The standard InChI is InChI=1S/C29H44O5/c1-18(8-6-7-15-30)24-11-12-25-23-10-9-21-16-22(33-19(2)31)17-27(34-20(3)32)29(21,5)26(23)13-14-28(24,25)4/h9,15,18,22-27H,6-8,10-14,16-17H2,1-5H3/t18-,22-,23+,24-,25+,26+,27+,28-,29+/m1/s1. The van der Waals surface area contributed by atoms with Gasteiger partial charge in [-0.1, -0.05) is 38.8 Å². The zero-order valence-corrected chi connectivity index (χ0v) is 21.8. The molecule has 3 fully saturated rings. The van der Waals surface area contributed by atoms with Crippen LogP contribution in [0, 0.1) is 40.4 Å². The van der Waals surface area contributed by atoms with Gasteiger partial charge in [0.05, 0.1) is 0 Å². The van der Waals surface area contributed by atoms with Crippen molar-refractivity contribution in [3.05, 3.63) is 11.6 Å². The molecule has 4 aliphatic rings. The molecule has 0 aromatic carbocycles. The molecule has 0 aromatic rings. The van der Waals surface area contributed by atoms with Gasteiger partial charge >= 0.3 is 11.9 Å². The summed E-state index contributed by atoms with van der Waals surface area (Å²) in [5.74, 6) is 2.68. The van der Waals surface area contributed by atoms with E-state index in [-0.39, 0.29) is 29.6 Å². The highest BCUT2D eigenvalue weighted by Gasteiger charge is 2.62. The third-order valence-electron chi connectivity index (χ3n) is 10.5. The summed E-state index contributed by atoms with van der Waals surface area (Å²) in [5, 5.41) is 0. The normalized spacial score (nSPS) is 41.9. The number of aldehydes is 1. The minimum atomic E-state index is -0.267. The number of unbranched alkanes of at least 4 members (excludes halogenated alkanes) is 1. The Morgan fingerprint density at radius 3 is 2.53 bits per heavy atom. The van der Waals surface area contributed by atoms with Gasteiger partial charge in [0.25, 0.3) is 0 Å². The van der Waals surface area contributed by atoms with Gasteiger partial charge in [0.1, 0.15) is 18.5 Å². The zero-order valence-electron chi connectivity index (χ0n) is 21.8. The third kappa shape index (κ3) is 4.37. The fraction of sp³-hybridized carbons (Fsp3) is 0.828. The Bertz CT molecular complexity index is 832. The average Bonchev–Trinajstić information content (AvgIpc) is 3.11. The number of esters is 2. The van der Waals surface area contributed by atoms with Crippen LogP contribution < -0.4 is 0 Å². The van der Waals surface area contributed by atoms with Crippen molar-refractivity contribution in [2.45, 2.75) is 111 Å². The predicted molar refractivity (Wildman–Crippen MR) is 131 cm³/mol. The van der Waals surface area contributed by atoms with E-state index in [0.29, 0.717) is 41.9 Å². The lowest BCUT2D eigenvalue weighted by Gasteiger charge is -2.60. The maximum absolute atomic E-state index is 12.1. The van der Waals surface area contributed by atoms with Gasteiger partial charge in [-0.05, 0) is 73.5 Å². The number of allylic oxidation sites excluding steroid dienone is 1. The van der Waals surface area contributed by atoms with E-state index in [1.165, 1.54) is 45.1 Å². The van der Waals surface area contributed by atoms with Gasteiger partial charge in [0, 0.05) is 38.5 Å². The lowest BCUT2D eigenvalue weighted by atomic mass is 9.46. The first-order chi connectivity index (χ1) is 16.1. The number of hydrogen-bond acceptors (Lipinski definition) is 5. The molecule has 9 atom stereocenters. The van der Waals surface area contributed by atoms with E-state index in [0.717, 1.165) is 37.9 Å². The highest BCUT2D eigenvalue weighted by atomic mass is 16.6. The Hall–Kier alpha value is -1.65. The van der Waals surface area contributed by atoms with Crippen molar-refractivity contribution in [3.8, 4) is 0 Å². The van der Waals surface area contributed by atoms with Crippen molar-refractivity contribution in [3.63, 3.8) is 0 Å². The lowest BCUT2D eigenvalue weighted by Crippen LogP contribution is -2.57. The number of hydrogen-bond donors (Lipinski definition) is 0. The summed E-state index contributed by atoms with van der Waals surface area (Å²) >= 11 is 0. The number of ether oxygens (including phenoxy) is 2. The molecular formula is C29H44O5. The van der Waals surface area contributed by atoms with Crippen LogP contribution in [0.5, 0.6) is 0 Å². The van der Waals surface area contributed by atoms with Crippen LogP contribution in [0.3, 0.4) is 0 Å². The summed E-state index contributed by atoms with van der Waals surface area (Å²) in [4.78, 5) is 34.6. The molecule has 0 N–H and O–H groups in total. The van der Waals surface area contributed by atoms with Crippen molar-refractivity contribution in [2.75, 3.05) is 0 Å². The van der Waals surface area contributed by atoms with Crippen molar-refractivity contribution in [1.82, 2.24) is 0 Å². The molecule has 0 heterocycles. The molecule has 0 saturated heterocycles. The van der Waals surface area contributed by atoms with Gasteiger partial charge < -0.3 is 14.3 Å². The monoisotopic (exact) mass is 472 g/mol. The van der Waals surface area contributed by atoms with Gasteiger partial charge in [-0.15, -0.1) is 0 Å². The molecule has 0 radical (unpaired) electrons. The van der Waals surface area contributed by atoms with Gasteiger partial charge in [0.15, 0.2) is 0 Å². The van der Waals surface area contributed by atoms with E-state index in [1.807, 2.05) is 0 Å². The molecule has 0 spiro atoms. The van der Waals surface area contributed by atoms with Crippen LogP contribution in [-0.2, 0) is 23.9 Å². The van der Waals surface area contributed by atoms with E-state index >= 15 is 0 Å². The lowest BCUT2D eigenvalue weighted by molar-refractivity contribution is -0.172. The molecule has 0 aliphatic heterocycles. The van der Waals surface area contributed by atoms with Gasteiger partial charge in [-0.2, -0.15) is 0 Å². The molecule has 0 amide bonds. The summed E-state index contributed by atoms with van der Waals surface area (Å²) in [6.45, 7) is 10.2. The van der Waals surface area contributed by atoms with Crippen LogP contribution in [0.1, 0.15) is 98.8 Å². The first-order valence-electron chi connectivity index (χ1n) is 13.6. The van der Waals surface area contributed by atoms with Crippen LogP contribution in [0.25, 0.3) is 0 Å². The molecule has 0 unspecified atom stereocenters. The molecule has 34 heavy (non-hydrogen) atoms. The van der Waals surface area contributed by atoms with Crippen molar-refractivity contribution < 1.29 is 23.9 Å². The topological polar surface area (TPSA) is 69.7 Å². The predicted octanol–water partition coefficient (Wildman–Crippen LogP) is 6.04. The van der Waals surface area contributed by atoms with E-state index in [9.17, 15) is 14.4 Å². The van der Waals surface area contributed by atoms with Crippen molar-refractivity contribution in [1.29, 1.82) is 0 Å². The fourth-order valence-electron chi connectivity index (χ4n) is 9.05. The quantitative estimate of drug-likeness (QED) is 0.195. The maximum Gasteiger partial charge on any atom is 0.302 e. The van der Waals surface area contributed by atoms with Gasteiger partial charge in [0.2, 0.25) is 0 Å². The largest absolute Gasteiger partial charge is 0.462 e. The SMILES string of the molecule is CC(=O)O[C@@H]1CC2=CC[C@H]3[C@@H]4CC[C@H]([C@H](C)CCCC=O)[C@@]4(C)CC[C@@H]3[C@@]2(C)[C@@H](OC(C)=O)C1. The molecule has 0 bridgehead atoms. The molecule has 4 aliphatic carbocycles. The molecule has 3 saturated carbocycles. The summed E-state index contributed by atoms with van der Waals surface area (Å²) in [6.07, 6.45) is 13.3. The first kappa shape index (κ1) is 25.4. The summed E-state index contributed by atoms with van der Waals surface area (Å²) in [6, 6.07) is 0. The van der Waals surface area contributed by atoms with Crippen LogP contribution in [0.2, 0.25) is 0 Å². The van der Waals surface area contributed by atoms with E-state index < -0.39 is 0 Å². The summed E-state index contributed by atoms with van der Waals surface area (Å²) in [5.41, 5.74) is 1.51. The molecule has 4 rings (SSSR count). The smallest absolute Gasteiger partial charge is 0.302 e. The van der Waals surface area contributed by atoms with Gasteiger partial charge in [-0.3, -0.25) is 9.59 Å². The highest BCUT2D eigenvalue weighted by Crippen LogP contribution is 2.67. The van der Waals surface area contributed by atoms with Gasteiger partial charge in [-0.25, -0.2) is 0 Å². The average molecular weight is 473 g/mol. The van der Waals surface area contributed by atoms with E-state index in [2.05, 4.69) is 26.8 Å². The maximum atomic E-state index is 12.1. The van der Waals surface area contributed by atoms with Crippen molar-refractivity contribution in [2.24, 2.45) is 40.4 Å². The van der Waals surface area contributed by atoms with Crippen LogP contribution in [0.4, 0.5) is 0 Å². The Morgan fingerprint density at radius 1 is 1.12 bits per heavy atom. The summed E-state index contributed by atoms with van der Waals surface area (Å²) < 4.78 is 11.6. The molecule has 190 valence electrons. The highest BCUT2D eigenvalue weighted by molar-refractivity contribution is 5.67. The number of fused-ring (bicyclic) bond motifs is 5. The van der Waals surface area contributed by atoms with Crippen molar-refractivity contribution >= 4 is 18.2 Å². The molecular weight excluding hydrogens is 428 g/mol. The Labute approximate surface area is 205 Å². The van der Waals surface area contributed by atoms with Crippen LogP contribution in [-0.4, -0.2) is 30.4 Å². The molecule has 0 aromatic heterocycles.